The van der Waals surface area contributed by atoms with E-state index in [2.05, 4.69) is 31.0 Å². The van der Waals surface area contributed by atoms with Crippen molar-refractivity contribution < 1.29 is 4.74 Å². The lowest BCUT2D eigenvalue weighted by Gasteiger charge is -2.38. The zero-order valence-corrected chi connectivity index (χ0v) is 14.5. The van der Waals surface area contributed by atoms with E-state index in [4.69, 9.17) is 4.74 Å². The van der Waals surface area contributed by atoms with Crippen LogP contribution in [-0.4, -0.2) is 27.3 Å². The molecule has 2 nitrogen and oxygen atoms in total. The summed E-state index contributed by atoms with van der Waals surface area (Å²) < 4.78 is 6.10. The maximum Gasteiger partial charge on any atom is 0.108 e. The van der Waals surface area contributed by atoms with Crippen molar-refractivity contribution in [1.29, 1.82) is 0 Å². The first-order chi connectivity index (χ1) is 9.70. The summed E-state index contributed by atoms with van der Waals surface area (Å²) in [6, 6.07) is 6.20. The molecule has 112 valence electrons. The van der Waals surface area contributed by atoms with Crippen LogP contribution in [0.2, 0.25) is 0 Å². The summed E-state index contributed by atoms with van der Waals surface area (Å²) >= 11 is 0. The number of rotatable bonds is 7. The Morgan fingerprint density at radius 3 is 2.70 bits per heavy atom. The van der Waals surface area contributed by atoms with E-state index in [1.54, 1.807) is 0 Å². The quantitative estimate of drug-likeness (QED) is 0.569. The molecule has 0 amide bonds. The fraction of sp³-hybridized carbons (Fsp3) is 0.706. The molecule has 0 unspecified atom stereocenters. The zero-order valence-electron chi connectivity index (χ0n) is 13.1. The smallest absolute Gasteiger partial charge is 0.108 e. The molecule has 1 fully saturated rings. The number of pyridine rings is 1. The van der Waals surface area contributed by atoms with E-state index in [1.165, 1.54) is 43.8 Å². The van der Waals surface area contributed by atoms with Gasteiger partial charge < -0.3 is 4.74 Å². The first kappa shape index (κ1) is 15.7. The van der Waals surface area contributed by atoms with Crippen molar-refractivity contribution in [3.8, 4) is 0 Å². The van der Waals surface area contributed by atoms with Gasteiger partial charge >= 0.3 is 0 Å². The van der Waals surface area contributed by atoms with Gasteiger partial charge in [0.05, 0.1) is 6.61 Å². The van der Waals surface area contributed by atoms with Gasteiger partial charge in [-0.15, -0.1) is 0 Å². The highest BCUT2D eigenvalue weighted by molar-refractivity contribution is 6.52. The Morgan fingerprint density at radius 2 is 2.05 bits per heavy atom. The average molecular weight is 292 g/mol. The van der Waals surface area contributed by atoms with Crippen molar-refractivity contribution in [2.45, 2.75) is 52.4 Å². The molecule has 20 heavy (non-hydrogen) atoms. The Balaban J connectivity index is 1.77. The molecule has 0 N–H and O–H groups in total. The molecule has 1 aliphatic rings. The molecule has 3 heteroatoms. The van der Waals surface area contributed by atoms with Crippen LogP contribution in [-0.2, 0) is 4.74 Å². The van der Waals surface area contributed by atoms with Crippen molar-refractivity contribution in [2.24, 2.45) is 11.3 Å². The summed E-state index contributed by atoms with van der Waals surface area (Å²) in [5.74, 6) is 0.782. The molecule has 1 heterocycles. The predicted molar refractivity (Wildman–Crippen MR) is 88.2 cm³/mol. The third-order valence-corrected chi connectivity index (χ3v) is 5.82. The van der Waals surface area contributed by atoms with Crippen molar-refractivity contribution in [2.75, 3.05) is 12.8 Å². The van der Waals surface area contributed by atoms with Gasteiger partial charge in [0.2, 0.25) is 0 Å². The van der Waals surface area contributed by atoms with Gasteiger partial charge in [0.1, 0.15) is 9.52 Å². The molecule has 0 bridgehead atoms. The van der Waals surface area contributed by atoms with Crippen LogP contribution in [0.4, 0.5) is 0 Å². The minimum Gasteiger partial charge on any atom is -0.384 e. The monoisotopic (exact) mass is 291 g/mol. The van der Waals surface area contributed by atoms with Crippen LogP contribution in [0.15, 0.2) is 24.4 Å². The van der Waals surface area contributed by atoms with Gasteiger partial charge in [-0.1, -0.05) is 39.2 Å². The second kappa shape index (κ2) is 7.94. The van der Waals surface area contributed by atoms with Crippen LogP contribution in [0, 0.1) is 11.3 Å². The van der Waals surface area contributed by atoms with E-state index in [1.807, 2.05) is 12.3 Å². The lowest BCUT2D eigenvalue weighted by molar-refractivity contribution is 0.0240. The summed E-state index contributed by atoms with van der Waals surface area (Å²) in [6.07, 6.45) is 11.1. The van der Waals surface area contributed by atoms with Crippen LogP contribution in [0.25, 0.3) is 0 Å². The fourth-order valence-electron chi connectivity index (χ4n) is 3.59. The molecule has 2 rings (SSSR count). The summed E-state index contributed by atoms with van der Waals surface area (Å²) in [5, 5.41) is 1.27. The maximum absolute atomic E-state index is 6.10. The minimum absolute atomic E-state index is 0.344. The largest absolute Gasteiger partial charge is 0.384 e. The van der Waals surface area contributed by atoms with E-state index in [0.29, 0.717) is 5.41 Å². The third kappa shape index (κ3) is 5.02. The predicted octanol–water partition coefficient (Wildman–Crippen LogP) is 2.85. The van der Waals surface area contributed by atoms with E-state index >= 15 is 0 Å². The van der Waals surface area contributed by atoms with Crippen LogP contribution in [0.3, 0.4) is 0 Å². The van der Waals surface area contributed by atoms with Crippen LogP contribution in [0.1, 0.15) is 52.4 Å². The van der Waals surface area contributed by atoms with Crippen molar-refractivity contribution in [1.82, 2.24) is 4.98 Å². The molecular weight excluding hydrogens is 262 g/mol. The second-order valence-electron chi connectivity index (χ2n) is 6.78. The first-order valence-corrected chi connectivity index (χ1v) is 9.89. The van der Waals surface area contributed by atoms with Crippen molar-refractivity contribution in [3.63, 3.8) is 0 Å². The number of hydrogen-bond acceptors (Lipinski definition) is 2. The molecule has 0 atom stereocenters. The molecule has 0 aliphatic heterocycles. The van der Waals surface area contributed by atoms with Gasteiger partial charge in [-0.25, -0.2) is 0 Å². The lowest BCUT2D eigenvalue weighted by Crippen LogP contribution is -2.33. The summed E-state index contributed by atoms with van der Waals surface area (Å²) in [7, 11) is -0.344. The molecule has 1 aromatic rings. The minimum atomic E-state index is -0.344. The van der Waals surface area contributed by atoms with Gasteiger partial charge in [0.15, 0.2) is 0 Å². The molecular formula is C17H29NOSi. The van der Waals surface area contributed by atoms with Crippen LogP contribution in [0.5, 0.6) is 0 Å². The van der Waals surface area contributed by atoms with Gasteiger partial charge in [-0.3, -0.25) is 4.98 Å². The Kier molecular flexibility index (Phi) is 6.24. The highest BCUT2D eigenvalue weighted by Gasteiger charge is 2.32. The molecule has 0 saturated heterocycles. The SMILES string of the molecule is CC(C)CC1(COC[SiH2]c2ccccn2)CCCCC1. The Morgan fingerprint density at radius 1 is 1.25 bits per heavy atom. The third-order valence-electron chi connectivity index (χ3n) is 4.39. The van der Waals surface area contributed by atoms with Gasteiger partial charge in [0.25, 0.3) is 0 Å². The Hall–Kier alpha value is -0.673. The van der Waals surface area contributed by atoms with Crippen molar-refractivity contribution in [3.05, 3.63) is 24.4 Å². The Labute approximate surface area is 126 Å². The molecule has 1 aromatic heterocycles. The first-order valence-electron chi connectivity index (χ1n) is 8.18. The molecule has 0 radical (unpaired) electrons. The van der Waals surface area contributed by atoms with E-state index < -0.39 is 0 Å². The number of aromatic nitrogens is 1. The summed E-state index contributed by atoms with van der Waals surface area (Å²) in [6.45, 7) is 5.67. The standard InChI is InChI=1S/C17H29NOSi/c1-15(2)12-17(9-5-3-6-10-17)13-19-14-20-16-8-4-7-11-18-16/h4,7-8,11,15H,3,5-6,9-10,12-14,20H2,1-2H3. The maximum atomic E-state index is 6.10. The highest BCUT2D eigenvalue weighted by Crippen LogP contribution is 2.41. The topological polar surface area (TPSA) is 22.1 Å². The summed E-state index contributed by atoms with van der Waals surface area (Å²) in [4.78, 5) is 4.41. The van der Waals surface area contributed by atoms with E-state index in [-0.39, 0.29) is 9.52 Å². The normalized spacial score (nSPS) is 18.9. The number of nitrogens with zero attached hydrogens (tertiary/aromatic N) is 1. The fourth-order valence-corrected chi connectivity index (χ4v) is 4.62. The van der Waals surface area contributed by atoms with Crippen LogP contribution >= 0.6 is 0 Å². The van der Waals surface area contributed by atoms with Gasteiger partial charge in [-0.05, 0) is 42.7 Å². The van der Waals surface area contributed by atoms with E-state index in [9.17, 15) is 0 Å². The number of ether oxygens (including phenoxy) is 1. The zero-order chi connectivity index (χ0) is 14.3. The second-order valence-corrected chi connectivity index (χ2v) is 8.42. The average Bonchev–Trinajstić information content (AvgIpc) is 2.45. The molecule has 0 spiro atoms. The van der Waals surface area contributed by atoms with Gasteiger partial charge in [0, 0.05) is 17.7 Å². The Bertz CT molecular complexity index is 374. The van der Waals surface area contributed by atoms with Crippen LogP contribution < -0.4 is 5.32 Å². The summed E-state index contributed by atoms with van der Waals surface area (Å²) in [5.41, 5.74) is 0.477. The molecule has 0 aromatic carbocycles. The number of hydrogen-bond donors (Lipinski definition) is 0. The molecule has 1 saturated carbocycles. The van der Waals surface area contributed by atoms with Crippen molar-refractivity contribution >= 4 is 14.8 Å². The molecule has 1 aliphatic carbocycles. The van der Waals surface area contributed by atoms with Gasteiger partial charge in [-0.2, -0.15) is 0 Å². The lowest BCUT2D eigenvalue weighted by atomic mass is 9.70. The van der Waals surface area contributed by atoms with E-state index in [0.717, 1.165) is 18.8 Å². The highest BCUT2D eigenvalue weighted by atomic mass is 28.2.